The molecule has 1 aromatic heterocycles. The number of aromatic nitrogens is 1. The van der Waals surface area contributed by atoms with E-state index in [9.17, 15) is 0 Å². The van der Waals surface area contributed by atoms with E-state index in [2.05, 4.69) is 36.0 Å². The van der Waals surface area contributed by atoms with Gasteiger partial charge in [0.2, 0.25) is 0 Å². The molecule has 0 bridgehead atoms. The maximum Gasteiger partial charge on any atom is 0.0394 e. The van der Waals surface area contributed by atoms with Crippen molar-refractivity contribution in [1.29, 1.82) is 0 Å². The highest BCUT2D eigenvalue weighted by Gasteiger charge is 1.99. The van der Waals surface area contributed by atoms with Crippen LogP contribution < -0.4 is 4.90 Å². The smallest absolute Gasteiger partial charge is 0.0394 e. The van der Waals surface area contributed by atoms with E-state index in [4.69, 9.17) is 0 Å². The molecule has 1 heterocycles. The van der Waals surface area contributed by atoms with Crippen LogP contribution in [0.3, 0.4) is 0 Å². The highest BCUT2D eigenvalue weighted by molar-refractivity contribution is 5.43. The fourth-order valence-electron chi connectivity index (χ4n) is 2.21. The Balaban J connectivity index is 1.98. The molecule has 0 radical (unpaired) electrons. The third-order valence-electron chi connectivity index (χ3n) is 3.45. The van der Waals surface area contributed by atoms with Gasteiger partial charge in [-0.15, -0.1) is 0 Å². The molecule has 1 rings (SSSR count). The minimum Gasteiger partial charge on any atom is -0.375 e. The molecule has 0 aliphatic carbocycles. The zero-order valence-corrected chi connectivity index (χ0v) is 12.1. The van der Waals surface area contributed by atoms with E-state index in [-0.39, 0.29) is 0 Å². The molecule has 0 aliphatic heterocycles. The lowest BCUT2D eigenvalue weighted by Crippen LogP contribution is -2.18. The first-order valence-corrected chi connectivity index (χ1v) is 7.45. The molecule has 2 heteroatoms. The first-order chi connectivity index (χ1) is 8.84. The standard InChI is InChI=1S/C16H28N2/c1-3-4-5-6-7-8-9-10-15-18(2)16-11-13-17-14-12-16/h11-14H,3-10,15H2,1-2H3. The van der Waals surface area contributed by atoms with Crippen molar-refractivity contribution in [3.63, 3.8) is 0 Å². The number of anilines is 1. The fourth-order valence-corrected chi connectivity index (χ4v) is 2.21. The quantitative estimate of drug-likeness (QED) is 0.560. The summed E-state index contributed by atoms with van der Waals surface area (Å²) in [7, 11) is 2.16. The van der Waals surface area contributed by atoms with Gasteiger partial charge in [0.25, 0.3) is 0 Å². The van der Waals surface area contributed by atoms with E-state index in [1.807, 2.05) is 12.4 Å². The molecular weight excluding hydrogens is 220 g/mol. The van der Waals surface area contributed by atoms with E-state index < -0.39 is 0 Å². The number of hydrogen-bond acceptors (Lipinski definition) is 2. The normalized spacial score (nSPS) is 10.6. The SMILES string of the molecule is CCCCCCCCCCN(C)c1ccncc1. The monoisotopic (exact) mass is 248 g/mol. The van der Waals surface area contributed by atoms with Gasteiger partial charge in [-0.3, -0.25) is 4.98 Å². The number of unbranched alkanes of at least 4 members (excludes halogenated alkanes) is 7. The minimum absolute atomic E-state index is 1.15. The highest BCUT2D eigenvalue weighted by atomic mass is 15.1. The summed E-state index contributed by atoms with van der Waals surface area (Å²) in [6.07, 6.45) is 14.8. The first-order valence-electron chi connectivity index (χ1n) is 7.45. The van der Waals surface area contributed by atoms with Gasteiger partial charge in [-0.1, -0.05) is 51.9 Å². The molecule has 1 aromatic rings. The molecule has 0 fully saturated rings. The summed E-state index contributed by atoms with van der Waals surface area (Å²) in [6, 6.07) is 4.15. The van der Waals surface area contributed by atoms with Crippen molar-refractivity contribution >= 4 is 5.69 Å². The number of nitrogens with zero attached hydrogens (tertiary/aromatic N) is 2. The van der Waals surface area contributed by atoms with Crippen LogP contribution in [0.4, 0.5) is 5.69 Å². The van der Waals surface area contributed by atoms with Crippen molar-refractivity contribution in [1.82, 2.24) is 4.98 Å². The van der Waals surface area contributed by atoms with Gasteiger partial charge in [-0.2, -0.15) is 0 Å². The van der Waals surface area contributed by atoms with E-state index in [1.165, 1.54) is 57.1 Å². The lowest BCUT2D eigenvalue weighted by atomic mass is 10.1. The van der Waals surface area contributed by atoms with Gasteiger partial charge < -0.3 is 4.90 Å². The maximum atomic E-state index is 4.05. The summed E-state index contributed by atoms with van der Waals surface area (Å²) in [5, 5.41) is 0. The van der Waals surface area contributed by atoms with Crippen LogP contribution in [0, 0.1) is 0 Å². The largest absolute Gasteiger partial charge is 0.375 e. The zero-order valence-electron chi connectivity index (χ0n) is 12.1. The van der Waals surface area contributed by atoms with Crippen LogP contribution >= 0.6 is 0 Å². The van der Waals surface area contributed by atoms with E-state index in [0.717, 1.165) is 6.54 Å². The van der Waals surface area contributed by atoms with Gasteiger partial charge in [-0.25, -0.2) is 0 Å². The Bertz CT molecular complexity index is 284. The Labute approximate surface area is 112 Å². The molecule has 0 saturated carbocycles. The number of pyridine rings is 1. The molecule has 18 heavy (non-hydrogen) atoms. The molecule has 0 spiro atoms. The van der Waals surface area contributed by atoms with Crippen molar-refractivity contribution in [2.75, 3.05) is 18.5 Å². The lowest BCUT2D eigenvalue weighted by molar-refractivity contribution is 0.575. The molecule has 0 atom stereocenters. The summed E-state index contributed by atoms with van der Waals surface area (Å²) in [5.41, 5.74) is 1.27. The van der Waals surface area contributed by atoms with Gasteiger partial charge in [0.1, 0.15) is 0 Å². The molecule has 0 amide bonds. The van der Waals surface area contributed by atoms with Gasteiger partial charge in [-0.05, 0) is 18.6 Å². The van der Waals surface area contributed by atoms with Crippen molar-refractivity contribution in [2.24, 2.45) is 0 Å². The molecule has 0 aromatic carbocycles. The Morgan fingerprint density at radius 3 is 2.06 bits per heavy atom. The van der Waals surface area contributed by atoms with Crippen LogP contribution in [0.2, 0.25) is 0 Å². The minimum atomic E-state index is 1.15. The summed E-state index contributed by atoms with van der Waals surface area (Å²) in [4.78, 5) is 6.36. The van der Waals surface area contributed by atoms with Crippen molar-refractivity contribution in [3.05, 3.63) is 24.5 Å². The number of rotatable bonds is 10. The zero-order chi connectivity index (χ0) is 13.1. The molecular formula is C16H28N2. The highest BCUT2D eigenvalue weighted by Crippen LogP contribution is 2.12. The number of hydrogen-bond donors (Lipinski definition) is 0. The molecule has 0 N–H and O–H groups in total. The van der Waals surface area contributed by atoms with Crippen molar-refractivity contribution < 1.29 is 0 Å². The maximum absolute atomic E-state index is 4.05. The van der Waals surface area contributed by atoms with E-state index in [1.54, 1.807) is 0 Å². The predicted octanol–water partition coefficient (Wildman–Crippen LogP) is 4.66. The Morgan fingerprint density at radius 1 is 0.889 bits per heavy atom. The fraction of sp³-hybridized carbons (Fsp3) is 0.688. The second-order valence-electron chi connectivity index (χ2n) is 5.10. The van der Waals surface area contributed by atoms with Crippen molar-refractivity contribution in [2.45, 2.75) is 58.3 Å². The molecule has 102 valence electrons. The first kappa shape index (κ1) is 15.0. The lowest BCUT2D eigenvalue weighted by Gasteiger charge is -2.18. The Kier molecular flexibility index (Phi) is 8.28. The van der Waals surface area contributed by atoms with E-state index in [0.29, 0.717) is 0 Å². The van der Waals surface area contributed by atoms with Crippen LogP contribution in [0.5, 0.6) is 0 Å². The second kappa shape index (κ2) is 9.93. The molecule has 2 nitrogen and oxygen atoms in total. The average Bonchev–Trinajstić information content (AvgIpc) is 2.42. The van der Waals surface area contributed by atoms with E-state index >= 15 is 0 Å². The topological polar surface area (TPSA) is 16.1 Å². The predicted molar refractivity (Wildman–Crippen MR) is 80.1 cm³/mol. The van der Waals surface area contributed by atoms with Gasteiger partial charge in [0, 0.05) is 31.7 Å². The van der Waals surface area contributed by atoms with Gasteiger partial charge in [0.05, 0.1) is 0 Å². The summed E-state index contributed by atoms with van der Waals surface area (Å²) >= 11 is 0. The van der Waals surface area contributed by atoms with Crippen LogP contribution in [-0.4, -0.2) is 18.6 Å². The summed E-state index contributed by atoms with van der Waals surface area (Å²) in [5.74, 6) is 0. The molecule has 0 aliphatic rings. The molecule has 0 unspecified atom stereocenters. The van der Waals surface area contributed by atoms with Crippen molar-refractivity contribution in [3.8, 4) is 0 Å². The third-order valence-corrected chi connectivity index (χ3v) is 3.45. The van der Waals surface area contributed by atoms with Crippen LogP contribution in [0.25, 0.3) is 0 Å². The third kappa shape index (κ3) is 6.63. The summed E-state index contributed by atoms with van der Waals surface area (Å²) < 4.78 is 0. The summed E-state index contributed by atoms with van der Waals surface area (Å²) in [6.45, 7) is 3.42. The van der Waals surface area contributed by atoms with Crippen LogP contribution in [-0.2, 0) is 0 Å². The Hall–Kier alpha value is -1.05. The van der Waals surface area contributed by atoms with Crippen LogP contribution in [0.1, 0.15) is 58.3 Å². The second-order valence-corrected chi connectivity index (χ2v) is 5.10. The Morgan fingerprint density at radius 2 is 1.44 bits per heavy atom. The van der Waals surface area contributed by atoms with Gasteiger partial charge in [0.15, 0.2) is 0 Å². The average molecular weight is 248 g/mol. The van der Waals surface area contributed by atoms with Gasteiger partial charge >= 0.3 is 0 Å². The van der Waals surface area contributed by atoms with Crippen LogP contribution in [0.15, 0.2) is 24.5 Å². The molecule has 0 saturated heterocycles.